The molecule has 1 heterocycles. The van der Waals surface area contributed by atoms with E-state index < -0.39 is 0 Å². The van der Waals surface area contributed by atoms with Gasteiger partial charge in [0.25, 0.3) is 0 Å². The third kappa shape index (κ3) is 2.04. The number of nitrogens with zero attached hydrogens (tertiary/aromatic N) is 2. The van der Waals surface area contributed by atoms with Crippen molar-refractivity contribution < 1.29 is 4.52 Å². The Balaban J connectivity index is 2.50. The van der Waals surface area contributed by atoms with E-state index in [1.165, 1.54) is 0 Å². The molecular formula is C10H9Cl2N3O. The highest BCUT2D eigenvalue weighted by Gasteiger charge is 2.16. The first kappa shape index (κ1) is 11.4. The van der Waals surface area contributed by atoms with Crippen LogP contribution in [0.2, 0.25) is 10.0 Å². The molecule has 2 N–H and O–H groups in total. The zero-order valence-electron chi connectivity index (χ0n) is 8.45. The quantitative estimate of drug-likeness (QED) is 0.898. The van der Waals surface area contributed by atoms with Gasteiger partial charge in [-0.2, -0.15) is 4.98 Å². The third-order valence-electron chi connectivity index (χ3n) is 2.02. The summed E-state index contributed by atoms with van der Waals surface area (Å²) in [6.45, 7) is 1.76. The van der Waals surface area contributed by atoms with Gasteiger partial charge in [-0.1, -0.05) is 34.4 Å². The predicted molar refractivity (Wildman–Crippen MR) is 62.4 cm³/mol. The standard InChI is InChI=1S/C10H9Cl2N3O/c1-5(13)10-14-9(15-16-10)8-6(11)3-2-4-7(8)12/h2-5H,13H2,1H3/t5-/m0/s1. The van der Waals surface area contributed by atoms with Crippen LogP contribution >= 0.6 is 23.2 Å². The Morgan fingerprint density at radius 3 is 2.44 bits per heavy atom. The Hall–Kier alpha value is -1.10. The van der Waals surface area contributed by atoms with Gasteiger partial charge in [-0.15, -0.1) is 0 Å². The summed E-state index contributed by atoms with van der Waals surface area (Å²) in [5, 5.41) is 4.75. The van der Waals surface area contributed by atoms with E-state index in [4.69, 9.17) is 33.5 Å². The SMILES string of the molecule is C[C@H](N)c1nc(-c2c(Cl)cccc2Cl)no1. The lowest BCUT2D eigenvalue weighted by atomic mass is 10.2. The molecule has 0 radical (unpaired) electrons. The molecule has 0 saturated heterocycles. The van der Waals surface area contributed by atoms with Crippen LogP contribution in [0.4, 0.5) is 0 Å². The topological polar surface area (TPSA) is 64.9 Å². The van der Waals surface area contributed by atoms with Crippen LogP contribution in [0.25, 0.3) is 11.4 Å². The summed E-state index contributed by atoms with van der Waals surface area (Å²) >= 11 is 12.0. The summed E-state index contributed by atoms with van der Waals surface area (Å²) in [5.41, 5.74) is 6.18. The van der Waals surface area contributed by atoms with Crippen LogP contribution in [-0.2, 0) is 0 Å². The van der Waals surface area contributed by atoms with Crippen LogP contribution in [-0.4, -0.2) is 10.1 Å². The second-order valence-corrected chi connectivity index (χ2v) is 4.16. The maximum Gasteiger partial charge on any atom is 0.243 e. The number of halogens is 2. The molecule has 0 aliphatic carbocycles. The van der Waals surface area contributed by atoms with Gasteiger partial charge in [0.15, 0.2) is 0 Å². The normalized spacial score (nSPS) is 12.8. The van der Waals surface area contributed by atoms with E-state index in [1.54, 1.807) is 25.1 Å². The van der Waals surface area contributed by atoms with Gasteiger partial charge in [-0.05, 0) is 19.1 Å². The smallest absolute Gasteiger partial charge is 0.243 e. The third-order valence-corrected chi connectivity index (χ3v) is 2.65. The van der Waals surface area contributed by atoms with Crippen LogP contribution in [0.1, 0.15) is 18.9 Å². The fraction of sp³-hybridized carbons (Fsp3) is 0.200. The Morgan fingerprint density at radius 2 is 1.94 bits per heavy atom. The van der Waals surface area contributed by atoms with E-state index in [0.29, 0.717) is 27.3 Å². The Bertz CT molecular complexity index is 490. The van der Waals surface area contributed by atoms with Gasteiger partial charge in [-0.3, -0.25) is 0 Å². The van der Waals surface area contributed by atoms with E-state index in [1.807, 2.05) is 0 Å². The average molecular weight is 258 g/mol. The maximum absolute atomic E-state index is 6.02. The molecule has 0 saturated carbocycles. The number of hydrogen-bond acceptors (Lipinski definition) is 4. The van der Waals surface area contributed by atoms with Crippen LogP contribution in [0.3, 0.4) is 0 Å². The minimum Gasteiger partial charge on any atom is -0.337 e. The molecule has 2 rings (SSSR count). The molecule has 1 aromatic heterocycles. The van der Waals surface area contributed by atoms with E-state index in [2.05, 4.69) is 10.1 Å². The van der Waals surface area contributed by atoms with Crippen molar-refractivity contribution in [3.05, 3.63) is 34.1 Å². The van der Waals surface area contributed by atoms with E-state index >= 15 is 0 Å². The van der Waals surface area contributed by atoms with Gasteiger partial charge >= 0.3 is 0 Å². The van der Waals surface area contributed by atoms with Crippen molar-refractivity contribution in [2.75, 3.05) is 0 Å². The molecule has 0 aliphatic heterocycles. The van der Waals surface area contributed by atoms with Crippen molar-refractivity contribution in [3.63, 3.8) is 0 Å². The monoisotopic (exact) mass is 257 g/mol. The molecule has 1 atom stereocenters. The van der Waals surface area contributed by atoms with Gasteiger partial charge in [0.2, 0.25) is 11.7 Å². The highest BCUT2D eigenvalue weighted by molar-refractivity contribution is 6.38. The van der Waals surface area contributed by atoms with Crippen LogP contribution < -0.4 is 5.73 Å². The minimum atomic E-state index is -0.317. The van der Waals surface area contributed by atoms with Gasteiger partial charge in [0.1, 0.15) is 0 Å². The zero-order valence-corrected chi connectivity index (χ0v) is 9.96. The molecule has 0 spiro atoms. The first-order chi connectivity index (χ1) is 7.59. The first-order valence-electron chi connectivity index (χ1n) is 4.63. The van der Waals surface area contributed by atoms with Crippen molar-refractivity contribution in [1.82, 2.24) is 10.1 Å². The summed E-state index contributed by atoms with van der Waals surface area (Å²) in [6.07, 6.45) is 0. The molecule has 1 aromatic carbocycles. The molecule has 0 fully saturated rings. The van der Waals surface area contributed by atoms with Crippen molar-refractivity contribution in [1.29, 1.82) is 0 Å². The van der Waals surface area contributed by atoms with Gasteiger partial charge in [0, 0.05) is 0 Å². The van der Waals surface area contributed by atoms with Gasteiger partial charge in [0.05, 0.1) is 21.7 Å². The lowest BCUT2D eigenvalue weighted by Crippen LogP contribution is -2.04. The summed E-state index contributed by atoms with van der Waals surface area (Å²) in [6, 6.07) is 4.86. The number of aromatic nitrogens is 2. The molecule has 16 heavy (non-hydrogen) atoms. The summed E-state index contributed by atoms with van der Waals surface area (Å²) < 4.78 is 4.99. The fourth-order valence-corrected chi connectivity index (χ4v) is 1.80. The highest BCUT2D eigenvalue weighted by atomic mass is 35.5. The second-order valence-electron chi connectivity index (χ2n) is 3.34. The first-order valence-corrected chi connectivity index (χ1v) is 5.38. The Labute approximate surface area is 102 Å². The number of rotatable bonds is 2. The number of benzene rings is 1. The molecule has 6 heteroatoms. The van der Waals surface area contributed by atoms with Crippen molar-refractivity contribution in [2.45, 2.75) is 13.0 Å². The van der Waals surface area contributed by atoms with Crippen molar-refractivity contribution in [3.8, 4) is 11.4 Å². The minimum absolute atomic E-state index is 0.317. The lowest BCUT2D eigenvalue weighted by molar-refractivity contribution is 0.362. The predicted octanol–water partition coefficient (Wildman–Crippen LogP) is 3.06. The van der Waals surface area contributed by atoms with E-state index in [9.17, 15) is 0 Å². The van der Waals surface area contributed by atoms with Crippen molar-refractivity contribution in [2.24, 2.45) is 5.73 Å². The van der Waals surface area contributed by atoms with E-state index in [0.717, 1.165) is 0 Å². The summed E-state index contributed by atoms with van der Waals surface area (Å²) in [7, 11) is 0. The molecule has 84 valence electrons. The molecule has 0 bridgehead atoms. The molecule has 0 unspecified atom stereocenters. The maximum atomic E-state index is 6.02. The average Bonchev–Trinajstić information content (AvgIpc) is 2.66. The molecule has 4 nitrogen and oxygen atoms in total. The van der Waals surface area contributed by atoms with Crippen LogP contribution in [0, 0.1) is 0 Å². The summed E-state index contributed by atoms with van der Waals surface area (Å²) in [5.74, 6) is 0.703. The van der Waals surface area contributed by atoms with Crippen LogP contribution in [0.5, 0.6) is 0 Å². The Kier molecular flexibility index (Phi) is 3.14. The fourth-order valence-electron chi connectivity index (χ4n) is 1.23. The number of hydrogen-bond donors (Lipinski definition) is 1. The Morgan fingerprint density at radius 1 is 1.31 bits per heavy atom. The number of nitrogens with two attached hydrogens (primary N) is 1. The zero-order chi connectivity index (χ0) is 11.7. The molecule has 0 aliphatic rings. The molecular weight excluding hydrogens is 249 g/mol. The van der Waals surface area contributed by atoms with Gasteiger partial charge in [-0.25, -0.2) is 0 Å². The van der Waals surface area contributed by atoms with E-state index in [-0.39, 0.29) is 6.04 Å². The second kappa shape index (κ2) is 4.41. The van der Waals surface area contributed by atoms with Crippen molar-refractivity contribution >= 4 is 23.2 Å². The summed E-state index contributed by atoms with van der Waals surface area (Å²) in [4.78, 5) is 4.13. The van der Waals surface area contributed by atoms with Crippen LogP contribution in [0.15, 0.2) is 22.7 Å². The largest absolute Gasteiger partial charge is 0.337 e. The molecule has 2 aromatic rings. The molecule has 0 amide bonds. The van der Waals surface area contributed by atoms with Gasteiger partial charge < -0.3 is 10.3 Å². The highest BCUT2D eigenvalue weighted by Crippen LogP contribution is 2.32. The lowest BCUT2D eigenvalue weighted by Gasteiger charge is -2.00.